The van der Waals surface area contributed by atoms with Gasteiger partial charge >= 0.3 is 0 Å². The van der Waals surface area contributed by atoms with Gasteiger partial charge in [-0.3, -0.25) is 9.59 Å². The van der Waals surface area contributed by atoms with Crippen LogP contribution < -0.4 is 0 Å². The van der Waals surface area contributed by atoms with Crippen LogP contribution in [0.1, 0.15) is 35.4 Å². The Kier molecular flexibility index (Phi) is 6.06. The molecular weight excluding hydrogens is 363 g/mol. The molecule has 2 heterocycles. The highest BCUT2D eigenvalue weighted by molar-refractivity contribution is 7.10. The molecule has 0 N–H and O–H groups in total. The van der Waals surface area contributed by atoms with E-state index in [-0.39, 0.29) is 30.2 Å². The maximum absolute atomic E-state index is 13.4. The Labute approximate surface area is 162 Å². The molecule has 0 saturated heterocycles. The van der Waals surface area contributed by atoms with Crippen LogP contribution in [0, 0.1) is 5.82 Å². The molecule has 1 aromatic heterocycles. The van der Waals surface area contributed by atoms with E-state index in [9.17, 15) is 14.0 Å². The van der Waals surface area contributed by atoms with E-state index >= 15 is 0 Å². The van der Waals surface area contributed by atoms with Gasteiger partial charge in [0.15, 0.2) is 0 Å². The number of benzene rings is 1. The highest BCUT2D eigenvalue weighted by Crippen LogP contribution is 2.37. The summed E-state index contributed by atoms with van der Waals surface area (Å²) in [5.41, 5.74) is 1.96. The van der Waals surface area contributed by atoms with Crippen LogP contribution in [-0.2, 0) is 16.0 Å². The summed E-state index contributed by atoms with van der Waals surface area (Å²) in [6, 6.07) is 8.08. The number of carbonyl (C=O) groups is 2. The Morgan fingerprint density at radius 1 is 1.33 bits per heavy atom. The van der Waals surface area contributed by atoms with Crippen LogP contribution in [0.3, 0.4) is 0 Å². The number of amides is 2. The van der Waals surface area contributed by atoms with E-state index in [0.717, 1.165) is 17.5 Å². The molecule has 1 aliphatic heterocycles. The van der Waals surface area contributed by atoms with Gasteiger partial charge in [0.2, 0.25) is 11.8 Å². The summed E-state index contributed by atoms with van der Waals surface area (Å²) >= 11 is 1.68. The zero-order chi connectivity index (χ0) is 19.4. The summed E-state index contributed by atoms with van der Waals surface area (Å²) in [6.07, 6.45) is 2.77. The molecule has 0 aliphatic carbocycles. The number of thiophene rings is 1. The van der Waals surface area contributed by atoms with Crippen molar-refractivity contribution < 1.29 is 14.0 Å². The molecule has 1 aromatic carbocycles. The van der Waals surface area contributed by atoms with Gasteiger partial charge in [-0.25, -0.2) is 4.39 Å². The van der Waals surface area contributed by atoms with Crippen molar-refractivity contribution in [1.82, 2.24) is 9.80 Å². The summed E-state index contributed by atoms with van der Waals surface area (Å²) in [4.78, 5) is 29.8. The lowest BCUT2D eigenvalue weighted by atomic mass is 9.93. The van der Waals surface area contributed by atoms with Gasteiger partial charge in [-0.2, -0.15) is 0 Å². The largest absolute Gasteiger partial charge is 0.330 e. The Balaban J connectivity index is 1.90. The van der Waals surface area contributed by atoms with Crippen LogP contribution in [0.4, 0.5) is 4.39 Å². The number of carbonyl (C=O) groups excluding carboxylic acids is 2. The molecule has 0 radical (unpaired) electrons. The third-order valence-electron chi connectivity index (χ3n) is 4.80. The van der Waals surface area contributed by atoms with Crippen LogP contribution in [0.5, 0.6) is 0 Å². The number of hydrogen-bond donors (Lipinski definition) is 0. The highest BCUT2D eigenvalue weighted by atomic mass is 32.1. The van der Waals surface area contributed by atoms with E-state index in [0.29, 0.717) is 19.5 Å². The Hall–Kier alpha value is -2.47. The van der Waals surface area contributed by atoms with E-state index in [1.165, 1.54) is 21.9 Å². The monoisotopic (exact) mass is 386 g/mol. The predicted molar refractivity (Wildman–Crippen MR) is 105 cm³/mol. The van der Waals surface area contributed by atoms with Gasteiger partial charge in [0.05, 0.1) is 6.04 Å². The van der Waals surface area contributed by atoms with Gasteiger partial charge in [-0.1, -0.05) is 25.1 Å². The van der Waals surface area contributed by atoms with Crippen LogP contribution in [0.25, 0.3) is 0 Å². The van der Waals surface area contributed by atoms with E-state index in [1.54, 1.807) is 41.4 Å². The van der Waals surface area contributed by atoms with Gasteiger partial charge in [-0.05, 0) is 41.1 Å². The van der Waals surface area contributed by atoms with Crippen molar-refractivity contribution >= 4 is 23.2 Å². The minimum Gasteiger partial charge on any atom is -0.330 e. The van der Waals surface area contributed by atoms with Crippen LogP contribution in [0.15, 0.2) is 48.4 Å². The maximum Gasteiger partial charge on any atom is 0.243 e. The first-order valence-electron chi connectivity index (χ1n) is 9.05. The fraction of sp³-hybridized carbons (Fsp3) is 0.333. The van der Waals surface area contributed by atoms with E-state index in [4.69, 9.17) is 0 Å². The molecule has 142 valence electrons. The van der Waals surface area contributed by atoms with Crippen molar-refractivity contribution in [2.75, 3.05) is 19.6 Å². The topological polar surface area (TPSA) is 40.6 Å². The van der Waals surface area contributed by atoms with Crippen molar-refractivity contribution in [1.29, 1.82) is 0 Å². The lowest BCUT2D eigenvalue weighted by Gasteiger charge is -2.37. The molecule has 6 heteroatoms. The lowest BCUT2D eigenvalue weighted by Crippen LogP contribution is -2.46. The third kappa shape index (κ3) is 4.11. The summed E-state index contributed by atoms with van der Waals surface area (Å²) < 4.78 is 13.4. The Morgan fingerprint density at radius 3 is 2.74 bits per heavy atom. The SMILES string of the molecule is C=CCN(CC(=O)N1CCc2sccc2C1c1ccc(F)cc1)C(=O)CC. The van der Waals surface area contributed by atoms with Crippen molar-refractivity contribution in [2.24, 2.45) is 0 Å². The van der Waals surface area contributed by atoms with E-state index in [2.05, 4.69) is 6.58 Å². The molecule has 1 atom stereocenters. The van der Waals surface area contributed by atoms with Crippen molar-refractivity contribution in [3.63, 3.8) is 0 Å². The summed E-state index contributed by atoms with van der Waals surface area (Å²) in [6.45, 7) is 6.41. The predicted octanol–water partition coefficient (Wildman–Crippen LogP) is 3.79. The summed E-state index contributed by atoms with van der Waals surface area (Å²) in [5.74, 6) is -0.483. The lowest BCUT2D eigenvalue weighted by molar-refractivity contribution is -0.141. The quantitative estimate of drug-likeness (QED) is 0.709. The molecule has 4 nitrogen and oxygen atoms in total. The molecular formula is C21H23FN2O2S. The van der Waals surface area contributed by atoms with Crippen molar-refractivity contribution in [2.45, 2.75) is 25.8 Å². The van der Waals surface area contributed by atoms with Gasteiger partial charge in [0.25, 0.3) is 0 Å². The summed E-state index contributed by atoms with van der Waals surface area (Å²) in [7, 11) is 0. The average molecular weight is 386 g/mol. The fourth-order valence-electron chi connectivity index (χ4n) is 3.48. The first-order valence-corrected chi connectivity index (χ1v) is 9.93. The normalized spacial score (nSPS) is 15.9. The number of rotatable bonds is 6. The number of nitrogens with zero attached hydrogens (tertiary/aromatic N) is 2. The van der Waals surface area contributed by atoms with Crippen molar-refractivity contribution in [3.05, 3.63) is 70.2 Å². The third-order valence-corrected chi connectivity index (χ3v) is 5.80. The standard InChI is InChI=1S/C21H23FN2O2S/c1-3-11-23(19(25)4-2)14-20(26)24-12-9-18-17(10-13-27-18)21(24)15-5-7-16(22)8-6-15/h3,5-8,10,13,21H,1,4,9,11-12,14H2,2H3. The molecule has 0 fully saturated rings. The second-order valence-electron chi connectivity index (χ2n) is 6.51. The van der Waals surface area contributed by atoms with Crippen LogP contribution >= 0.6 is 11.3 Å². The minimum absolute atomic E-state index is 0.0237. The zero-order valence-electron chi connectivity index (χ0n) is 15.4. The number of halogens is 1. The molecule has 3 rings (SSSR count). The maximum atomic E-state index is 13.4. The van der Waals surface area contributed by atoms with Crippen molar-refractivity contribution in [3.8, 4) is 0 Å². The van der Waals surface area contributed by atoms with Gasteiger partial charge in [-0.15, -0.1) is 17.9 Å². The zero-order valence-corrected chi connectivity index (χ0v) is 16.2. The first kappa shape index (κ1) is 19.3. The van der Waals surface area contributed by atoms with Crippen LogP contribution in [-0.4, -0.2) is 41.2 Å². The van der Waals surface area contributed by atoms with Gasteiger partial charge in [0.1, 0.15) is 12.4 Å². The number of fused-ring (bicyclic) bond motifs is 1. The smallest absolute Gasteiger partial charge is 0.243 e. The molecule has 2 aromatic rings. The van der Waals surface area contributed by atoms with Gasteiger partial charge < -0.3 is 9.80 Å². The fourth-order valence-corrected chi connectivity index (χ4v) is 4.38. The van der Waals surface area contributed by atoms with Crippen LogP contribution in [0.2, 0.25) is 0 Å². The molecule has 27 heavy (non-hydrogen) atoms. The molecule has 1 aliphatic rings. The van der Waals surface area contributed by atoms with Gasteiger partial charge in [0, 0.05) is 24.4 Å². The molecule has 0 spiro atoms. The first-order chi connectivity index (χ1) is 13.0. The second kappa shape index (κ2) is 8.48. The molecule has 2 amide bonds. The Morgan fingerprint density at radius 2 is 2.07 bits per heavy atom. The molecule has 1 unspecified atom stereocenters. The molecule has 0 bridgehead atoms. The van der Waals surface area contributed by atoms with E-state index < -0.39 is 0 Å². The average Bonchev–Trinajstić information content (AvgIpc) is 3.15. The molecule has 0 saturated carbocycles. The highest BCUT2D eigenvalue weighted by Gasteiger charge is 2.33. The summed E-state index contributed by atoms with van der Waals surface area (Å²) in [5, 5.41) is 2.03. The number of hydrogen-bond acceptors (Lipinski definition) is 3. The minimum atomic E-state index is -0.302. The second-order valence-corrected chi connectivity index (χ2v) is 7.51. The Bertz CT molecular complexity index is 831. The van der Waals surface area contributed by atoms with E-state index in [1.807, 2.05) is 11.4 Å².